The highest BCUT2D eigenvalue weighted by Crippen LogP contribution is 2.21. The van der Waals surface area contributed by atoms with E-state index in [0.717, 1.165) is 11.0 Å². The lowest BCUT2D eigenvalue weighted by Gasteiger charge is -2.08. The lowest BCUT2D eigenvalue weighted by atomic mass is 10.2. The average Bonchev–Trinajstić information content (AvgIpc) is 2.66. The van der Waals surface area contributed by atoms with E-state index in [-0.39, 0.29) is 0 Å². The summed E-state index contributed by atoms with van der Waals surface area (Å²) in [6.45, 7) is 3.08. The van der Waals surface area contributed by atoms with E-state index >= 15 is 0 Å². The number of fused-ring (bicyclic) bond motifs is 1. The molecule has 0 atom stereocenters. The van der Waals surface area contributed by atoms with E-state index in [1.807, 2.05) is 0 Å². The number of aromatic nitrogens is 1. The lowest BCUT2D eigenvalue weighted by molar-refractivity contribution is 0.804. The van der Waals surface area contributed by atoms with Crippen molar-refractivity contribution in [2.45, 2.75) is 13.5 Å². The first-order chi connectivity index (χ1) is 8.74. The highest BCUT2D eigenvalue weighted by Gasteiger charge is 2.05. The maximum atomic E-state index is 3.53. The molecule has 0 radical (unpaired) electrons. The second-order valence-electron chi connectivity index (χ2n) is 4.56. The number of hydrogen-bond donors (Lipinski definition) is 0. The highest BCUT2D eigenvalue weighted by molar-refractivity contribution is 9.10. The Bertz CT molecular complexity index is 697. The zero-order valence-corrected chi connectivity index (χ0v) is 11.8. The molecule has 0 aliphatic carbocycles. The number of halogens is 1. The van der Waals surface area contributed by atoms with Crippen molar-refractivity contribution < 1.29 is 0 Å². The molecule has 2 heteroatoms. The van der Waals surface area contributed by atoms with Crippen LogP contribution in [0.15, 0.2) is 59.1 Å². The summed E-state index contributed by atoms with van der Waals surface area (Å²) in [5.74, 6) is 0. The molecule has 1 aromatic heterocycles. The van der Waals surface area contributed by atoms with Gasteiger partial charge < -0.3 is 4.57 Å². The summed E-state index contributed by atoms with van der Waals surface area (Å²) < 4.78 is 3.49. The first-order valence-electron chi connectivity index (χ1n) is 6.03. The second-order valence-corrected chi connectivity index (χ2v) is 5.48. The zero-order chi connectivity index (χ0) is 12.5. The van der Waals surface area contributed by atoms with Crippen molar-refractivity contribution in [2.24, 2.45) is 0 Å². The van der Waals surface area contributed by atoms with Crippen LogP contribution < -0.4 is 0 Å². The van der Waals surface area contributed by atoms with E-state index in [1.165, 1.54) is 22.2 Å². The summed E-state index contributed by atoms with van der Waals surface area (Å²) in [5.41, 5.74) is 3.92. The third kappa shape index (κ3) is 2.08. The third-order valence-corrected chi connectivity index (χ3v) is 3.74. The molecule has 3 aromatic rings. The van der Waals surface area contributed by atoms with E-state index in [4.69, 9.17) is 0 Å². The first-order valence-corrected chi connectivity index (χ1v) is 6.83. The predicted octanol–water partition coefficient (Wildman–Crippen LogP) is 4.76. The van der Waals surface area contributed by atoms with Gasteiger partial charge in [-0.25, -0.2) is 0 Å². The fourth-order valence-electron chi connectivity index (χ4n) is 2.38. The molecule has 18 heavy (non-hydrogen) atoms. The van der Waals surface area contributed by atoms with Crippen LogP contribution in [0.25, 0.3) is 10.9 Å². The molecule has 1 heterocycles. The standard InChI is InChI=1S/C16H14BrN/c1-12-9-14-6-2-3-8-16(14)18(12)11-13-5-4-7-15(17)10-13/h2-10H,11H2,1H3. The molecule has 0 bridgehead atoms. The largest absolute Gasteiger partial charge is 0.340 e. The monoisotopic (exact) mass is 299 g/mol. The van der Waals surface area contributed by atoms with Crippen molar-refractivity contribution in [1.29, 1.82) is 0 Å². The second kappa shape index (κ2) is 4.62. The smallest absolute Gasteiger partial charge is 0.0485 e. The molecule has 0 spiro atoms. The molecule has 1 nitrogen and oxygen atoms in total. The van der Waals surface area contributed by atoms with Gasteiger partial charge in [0.2, 0.25) is 0 Å². The summed E-state index contributed by atoms with van der Waals surface area (Å²) in [5, 5.41) is 1.31. The van der Waals surface area contributed by atoms with Crippen LogP contribution in [0.1, 0.15) is 11.3 Å². The molecular weight excluding hydrogens is 286 g/mol. The number of hydrogen-bond acceptors (Lipinski definition) is 0. The number of benzene rings is 2. The normalized spacial score (nSPS) is 11.0. The average molecular weight is 300 g/mol. The molecule has 0 N–H and O–H groups in total. The molecule has 0 amide bonds. The van der Waals surface area contributed by atoms with Gasteiger partial charge >= 0.3 is 0 Å². The van der Waals surface area contributed by atoms with Crippen LogP contribution in [-0.4, -0.2) is 4.57 Å². The van der Waals surface area contributed by atoms with Crippen molar-refractivity contribution in [3.05, 3.63) is 70.3 Å². The zero-order valence-electron chi connectivity index (χ0n) is 10.2. The summed E-state index contributed by atoms with van der Waals surface area (Å²) >= 11 is 3.53. The predicted molar refractivity (Wildman–Crippen MR) is 79.9 cm³/mol. The summed E-state index contributed by atoms with van der Waals surface area (Å²) in [6.07, 6.45) is 0. The topological polar surface area (TPSA) is 4.93 Å². The lowest BCUT2D eigenvalue weighted by Crippen LogP contribution is -2.01. The van der Waals surface area contributed by atoms with Crippen molar-refractivity contribution in [3.8, 4) is 0 Å². The SMILES string of the molecule is Cc1cc2ccccc2n1Cc1cccc(Br)c1. The fraction of sp³-hybridized carbons (Fsp3) is 0.125. The molecule has 2 aromatic carbocycles. The maximum Gasteiger partial charge on any atom is 0.0485 e. The Kier molecular flexibility index (Phi) is 2.96. The Labute approximate surface area is 115 Å². The van der Waals surface area contributed by atoms with Gasteiger partial charge in [-0.2, -0.15) is 0 Å². The van der Waals surface area contributed by atoms with Crippen LogP contribution >= 0.6 is 15.9 Å². The molecule has 0 aliphatic rings. The van der Waals surface area contributed by atoms with Crippen molar-refractivity contribution >= 4 is 26.8 Å². The Morgan fingerprint density at radius 1 is 1.00 bits per heavy atom. The van der Waals surface area contributed by atoms with Crippen LogP contribution in [0.5, 0.6) is 0 Å². The number of nitrogens with zero attached hydrogens (tertiary/aromatic N) is 1. The van der Waals surface area contributed by atoms with E-state index in [0.29, 0.717) is 0 Å². The van der Waals surface area contributed by atoms with E-state index in [9.17, 15) is 0 Å². The number of aryl methyl sites for hydroxylation is 1. The van der Waals surface area contributed by atoms with Gasteiger partial charge in [-0.05, 0) is 42.1 Å². The van der Waals surface area contributed by atoms with Crippen LogP contribution in [-0.2, 0) is 6.54 Å². The van der Waals surface area contributed by atoms with Gasteiger partial charge in [-0.3, -0.25) is 0 Å². The van der Waals surface area contributed by atoms with Gasteiger partial charge in [0.05, 0.1) is 0 Å². The van der Waals surface area contributed by atoms with Gasteiger partial charge in [0.1, 0.15) is 0 Å². The van der Waals surface area contributed by atoms with Gasteiger partial charge in [-0.1, -0.05) is 46.3 Å². The fourth-order valence-corrected chi connectivity index (χ4v) is 2.82. The van der Waals surface area contributed by atoms with Gasteiger partial charge in [0.15, 0.2) is 0 Å². The Hall–Kier alpha value is -1.54. The third-order valence-electron chi connectivity index (χ3n) is 3.25. The van der Waals surface area contributed by atoms with Gasteiger partial charge in [0.25, 0.3) is 0 Å². The maximum absolute atomic E-state index is 3.53. The van der Waals surface area contributed by atoms with Crippen LogP contribution in [0, 0.1) is 6.92 Å². The Morgan fingerprint density at radius 2 is 1.83 bits per heavy atom. The quantitative estimate of drug-likeness (QED) is 0.643. The molecule has 0 aliphatic heterocycles. The van der Waals surface area contributed by atoms with E-state index in [2.05, 4.69) is 82.0 Å². The molecule has 90 valence electrons. The number of para-hydroxylation sites is 1. The minimum Gasteiger partial charge on any atom is -0.340 e. The number of rotatable bonds is 2. The first kappa shape index (κ1) is 11.5. The molecule has 0 saturated carbocycles. The van der Waals surface area contributed by atoms with Gasteiger partial charge in [-0.15, -0.1) is 0 Å². The molecule has 0 saturated heterocycles. The van der Waals surface area contributed by atoms with Gasteiger partial charge in [0, 0.05) is 22.2 Å². The summed E-state index contributed by atoms with van der Waals surface area (Å²) in [6, 6.07) is 19.3. The molecule has 3 rings (SSSR count). The van der Waals surface area contributed by atoms with Crippen LogP contribution in [0.2, 0.25) is 0 Å². The van der Waals surface area contributed by atoms with Crippen LogP contribution in [0.3, 0.4) is 0 Å². The Morgan fingerprint density at radius 3 is 2.67 bits per heavy atom. The van der Waals surface area contributed by atoms with E-state index in [1.54, 1.807) is 0 Å². The highest BCUT2D eigenvalue weighted by atomic mass is 79.9. The van der Waals surface area contributed by atoms with Crippen molar-refractivity contribution in [1.82, 2.24) is 4.57 Å². The van der Waals surface area contributed by atoms with E-state index < -0.39 is 0 Å². The molecule has 0 unspecified atom stereocenters. The van der Waals surface area contributed by atoms with Crippen molar-refractivity contribution in [3.63, 3.8) is 0 Å². The summed E-state index contributed by atoms with van der Waals surface area (Å²) in [4.78, 5) is 0. The minimum atomic E-state index is 0.915. The van der Waals surface area contributed by atoms with Crippen molar-refractivity contribution in [2.75, 3.05) is 0 Å². The summed E-state index contributed by atoms with van der Waals surface area (Å²) in [7, 11) is 0. The Balaban J connectivity index is 2.07. The minimum absolute atomic E-state index is 0.915. The molecular formula is C16H14BrN. The van der Waals surface area contributed by atoms with Crippen LogP contribution in [0.4, 0.5) is 0 Å². The molecule has 0 fully saturated rings.